The fraction of sp³-hybridized carbons (Fsp3) is 0.133. The van der Waals surface area contributed by atoms with Gasteiger partial charge in [-0.25, -0.2) is 4.39 Å². The van der Waals surface area contributed by atoms with E-state index in [2.05, 4.69) is 27.9 Å². The molecule has 0 radical (unpaired) electrons. The van der Waals surface area contributed by atoms with E-state index in [-0.39, 0.29) is 18.3 Å². The van der Waals surface area contributed by atoms with Crippen molar-refractivity contribution in [3.63, 3.8) is 0 Å². The smallest absolute Gasteiger partial charge is 0.262 e. The van der Waals surface area contributed by atoms with E-state index in [1.807, 2.05) is 25.1 Å². The van der Waals surface area contributed by atoms with E-state index in [1.54, 1.807) is 12.1 Å². The third kappa shape index (κ3) is 3.93. The van der Waals surface area contributed by atoms with Crippen LogP contribution < -0.4 is 10.1 Å². The minimum absolute atomic E-state index is 0.0713. The number of nitrogens with one attached hydrogen (secondary N) is 1. The van der Waals surface area contributed by atoms with E-state index < -0.39 is 5.82 Å². The third-order valence-corrected chi connectivity index (χ3v) is 3.33. The summed E-state index contributed by atoms with van der Waals surface area (Å²) in [4.78, 5) is 11.8. The monoisotopic (exact) mass is 385 g/mol. The molecule has 3 nitrogen and oxygen atoms in total. The van der Waals surface area contributed by atoms with Gasteiger partial charge in [0.05, 0.1) is 0 Å². The number of amides is 1. The second kappa shape index (κ2) is 6.69. The molecule has 0 aliphatic carbocycles. The lowest BCUT2D eigenvalue weighted by Crippen LogP contribution is -2.21. The summed E-state index contributed by atoms with van der Waals surface area (Å²) in [7, 11) is 0. The molecule has 2 rings (SSSR count). The van der Waals surface area contributed by atoms with Crippen molar-refractivity contribution in [2.75, 3.05) is 11.9 Å². The maximum absolute atomic E-state index is 13.3. The summed E-state index contributed by atoms with van der Waals surface area (Å²) < 4.78 is 19.6. The van der Waals surface area contributed by atoms with Crippen molar-refractivity contribution in [2.45, 2.75) is 6.92 Å². The number of benzene rings is 2. The van der Waals surface area contributed by atoms with Crippen LogP contribution in [0.25, 0.3) is 0 Å². The predicted octanol–water partition coefficient (Wildman–Crippen LogP) is 3.76. The molecule has 2 aromatic carbocycles. The molecule has 0 saturated carbocycles. The van der Waals surface area contributed by atoms with Crippen molar-refractivity contribution in [1.29, 1.82) is 0 Å². The first-order chi connectivity index (χ1) is 9.56. The van der Waals surface area contributed by atoms with Crippen molar-refractivity contribution in [2.24, 2.45) is 0 Å². The number of carbonyl (C=O) groups excluding carboxylic acids is 1. The number of carbonyl (C=O) groups is 1. The SMILES string of the molecule is Cc1cc(I)ccc1NC(=O)COc1ccccc1F. The van der Waals surface area contributed by atoms with Gasteiger partial charge in [-0.05, 0) is 65.4 Å². The maximum atomic E-state index is 13.3. The molecule has 0 bridgehead atoms. The Morgan fingerprint density at radius 2 is 2.05 bits per heavy atom. The van der Waals surface area contributed by atoms with E-state index in [9.17, 15) is 9.18 Å². The van der Waals surface area contributed by atoms with Crippen LogP contribution in [0.4, 0.5) is 10.1 Å². The highest BCUT2D eigenvalue weighted by Gasteiger charge is 2.08. The van der Waals surface area contributed by atoms with Crippen LogP contribution in [-0.2, 0) is 4.79 Å². The van der Waals surface area contributed by atoms with Gasteiger partial charge in [0.2, 0.25) is 0 Å². The Labute approximate surface area is 130 Å². The molecule has 0 aromatic heterocycles. The Morgan fingerprint density at radius 3 is 2.75 bits per heavy atom. The molecule has 104 valence electrons. The molecule has 0 saturated heterocycles. The van der Waals surface area contributed by atoms with Gasteiger partial charge in [0.25, 0.3) is 5.91 Å². The zero-order valence-corrected chi connectivity index (χ0v) is 13.0. The Balaban J connectivity index is 1.94. The van der Waals surface area contributed by atoms with Gasteiger partial charge < -0.3 is 10.1 Å². The van der Waals surface area contributed by atoms with Crippen LogP contribution in [0, 0.1) is 16.3 Å². The fourth-order valence-electron chi connectivity index (χ4n) is 1.66. The zero-order valence-electron chi connectivity index (χ0n) is 10.8. The number of aryl methyl sites for hydroxylation is 1. The summed E-state index contributed by atoms with van der Waals surface area (Å²) >= 11 is 2.20. The summed E-state index contributed by atoms with van der Waals surface area (Å²) in [5.74, 6) is -0.731. The van der Waals surface area contributed by atoms with Crippen LogP contribution >= 0.6 is 22.6 Å². The van der Waals surface area contributed by atoms with E-state index in [0.29, 0.717) is 0 Å². The molecular weight excluding hydrogens is 372 g/mol. The van der Waals surface area contributed by atoms with E-state index in [1.165, 1.54) is 12.1 Å². The number of hydrogen-bond donors (Lipinski definition) is 1. The average molecular weight is 385 g/mol. The van der Waals surface area contributed by atoms with Crippen molar-refractivity contribution >= 4 is 34.2 Å². The van der Waals surface area contributed by atoms with Crippen LogP contribution in [0.2, 0.25) is 0 Å². The standard InChI is InChI=1S/C15H13FINO2/c1-10-8-11(17)6-7-13(10)18-15(19)9-20-14-5-3-2-4-12(14)16/h2-8H,9H2,1H3,(H,18,19). The fourth-order valence-corrected chi connectivity index (χ4v) is 2.31. The van der Waals surface area contributed by atoms with Crippen molar-refractivity contribution in [1.82, 2.24) is 0 Å². The van der Waals surface area contributed by atoms with Gasteiger partial charge in [-0.3, -0.25) is 4.79 Å². The molecule has 0 fully saturated rings. The molecule has 0 unspecified atom stereocenters. The summed E-state index contributed by atoms with van der Waals surface area (Å²) in [6.45, 7) is 1.68. The minimum Gasteiger partial charge on any atom is -0.481 e. The first-order valence-corrected chi connectivity index (χ1v) is 7.07. The molecule has 0 spiro atoms. The Hall–Kier alpha value is -1.63. The quantitative estimate of drug-likeness (QED) is 0.815. The number of anilines is 1. The molecule has 2 aromatic rings. The van der Waals surface area contributed by atoms with Gasteiger partial charge >= 0.3 is 0 Å². The topological polar surface area (TPSA) is 38.3 Å². The van der Waals surface area contributed by atoms with E-state index in [0.717, 1.165) is 14.8 Å². The first kappa shape index (κ1) is 14.8. The molecule has 5 heteroatoms. The van der Waals surface area contributed by atoms with Crippen LogP contribution in [0.5, 0.6) is 5.75 Å². The van der Waals surface area contributed by atoms with Gasteiger partial charge in [-0.15, -0.1) is 0 Å². The second-order valence-corrected chi connectivity index (χ2v) is 5.47. The maximum Gasteiger partial charge on any atom is 0.262 e. The zero-order chi connectivity index (χ0) is 14.5. The summed E-state index contributed by atoms with van der Waals surface area (Å²) in [6.07, 6.45) is 0. The third-order valence-electron chi connectivity index (χ3n) is 2.66. The van der Waals surface area contributed by atoms with Crippen LogP contribution in [0.3, 0.4) is 0 Å². The lowest BCUT2D eigenvalue weighted by molar-refractivity contribution is -0.118. The first-order valence-electron chi connectivity index (χ1n) is 5.99. The number of ether oxygens (including phenoxy) is 1. The largest absolute Gasteiger partial charge is 0.481 e. The summed E-state index contributed by atoms with van der Waals surface area (Å²) in [5.41, 5.74) is 1.70. The highest BCUT2D eigenvalue weighted by Crippen LogP contribution is 2.18. The summed E-state index contributed by atoms with van der Waals surface area (Å²) in [6, 6.07) is 11.7. The van der Waals surface area contributed by atoms with Crippen LogP contribution in [0.1, 0.15) is 5.56 Å². The predicted molar refractivity (Wildman–Crippen MR) is 84.4 cm³/mol. The van der Waals surface area contributed by atoms with Gasteiger partial charge in [-0.2, -0.15) is 0 Å². The molecule has 1 N–H and O–H groups in total. The van der Waals surface area contributed by atoms with Gasteiger partial charge in [0, 0.05) is 9.26 Å². The number of halogens is 2. The van der Waals surface area contributed by atoms with Crippen LogP contribution in [-0.4, -0.2) is 12.5 Å². The van der Waals surface area contributed by atoms with Gasteiger partial charge in [0.15, 0.2) is 18.2 Å². The molecular formula is C15H13FINO2. The number of para-hydroxylation sites is 1. The van der Waals surface area contributed by atoms with Crippen molar-refractivity contribution in [3.8, 4) is 5.75 Å². The van der Waals surface area contributed by atoms with Crippen molar-refractivity contribution < 1.29 is 13.9 Å². The van der Waals surface area contributed by atoms with Crippen molar-refractivity contribution in [3.05, 3.63) is 57.4 Å². The molecule has 0 heterocycles. The molecule has 20 heavy (non-hydrogen) atoms. The second-order valence-electron chi connectivity index (χ2n) is 4.23. The molecule has 0 aliphatic rings. The Kier molecular flexibility index (Phi) is 4.94. The van der Waals surface area contributed by atoms with E-state index >= 15 is 0 Å². The van der Waals surface area contributed by atoms with E-state index in [4.69, 9.17) is 4.74 Å². The molecule has 1 amide bonds. The Bertz CT molecular complexity index is 631. The Morgan fingerprint density at radius 1 is 1.30 bits per heavy atom. The minimum atomic E-state index is -0.481. The number of hydrogen-bond acceptors (Lipinski definition) is 2. The summed E-state index contributed by atoms with van der Waals surface area (Å²) in [5, 5.41) is 2.74. The van der Waals surface area contributed by atoms with Gasteiger partial charge in [-0.1, -0.05) is 12.1 Å². The van der Waals surface area contributed by atoms with Crippen LogP contribution in [0.15, 0.2) is 42.5 Å². The molecule has 0 atom stereocenters. The molecule has 0 aliphatic heterocycles. The van der Waals surface area contributed by atoms with Gasteiger partial charge in [0.1, 0.15) is 0 Å². The lowest BCUT2D eigenvalue weighted by atomic mass is 10.2. The lowest BCUT2D eigenvalue weighted by Gasteiger charge is -2.10. The highest BCUT2D eigenvalue weighted by atomic mass is 127. The average Bonchev–Trinajstić information content (AvgIpc) is 2.41. The highest BCUT2D eigenvalue weighted by molar-refractivity contribution is 14.1. The number of rotatable bonds is 4. The normalized spacial score (nSPS) is 10.2.